The Bertz CT molecular complexity index is 728. The number of rotatable bonds is 8. The summed E-state index contributed by atoms with van der Waals surface area (Å²) in [5.74, 6) is 2.85. The average Bonchev–Trinajstić information content (AvgIpc) is 3.30. The van der Waals surface area contributed by atoms with Gasteiger partial charge in [-0.05, 0) is 36.8 Å². The summed E-state index contributed by atoms with van der Waals surface area (Å²) in [6.07, 6.45) is 3.24. The third-order valence-corrected chi connectivity index (χ3v) is 4.81. The first kappa shape index (κ1) is 17.4. The third-order valence-electron chi connectivity index (χ3n) is 3.82. The molecule has 3 aromatic rings. The molecule has 130 valence electrons. The van der Waals surface area contributed by atoms with E-state index in [1.165, 1.54) is 11.1 Å². The zero-order valence-corrected chi connectivity index (χ0v) is 15.0. The Labute approximate surface area is 151 Å². The van der Waals surface area contributed by atoms with E-state index in [-0.39, 0.29) is 5.91 Å². The van der Waals surface area contributed by atoms with Crippen LogP contribution in [-0.2, 0) is 23.6 Å². The molecule has 2 aromatic heterocycles. The molecule has 0 saturated carbocycles. The maximum Gasteiger partial charge on any atom is 0.233 e. The van der Waals surface area contributed by atoms with E-state index in [0.717, 1.165) is 17.3 Å². The minimum atomic E-state index is 0.0740. The number of carbonyl (C=O) groups excluding carboxylic acids is 1. The van der Waals surface area contributed by atoms with Crippen molar-refractivity contribution in [2.75, 3.05) is 5.75 Å². The van der Waals surface area contributed by atoms with Crippen molar-refractivity contribution in [1.29, 1.82) is 0 Å². The molecule has 3 rings (SSSR count). The highest BCUT2D eigenvalue weighted by atomic mass is 32.2. The Balaban J connectivity index is 1.56. The molecule has 25 heavy (non-hydrogen) atoms. The molecule has 4 nitrogen and oxygen atoms in total. The molecule has 0 fully saturated rings. The SMILES string of the molecule is Cc1ccc(CSCC(=O)N(Cc2ccco2)Cc2ccco2)cc1. The maximum absolute atomic E-state index is 12.7. The quantitative estimate of drug-likeness (QED) is 0.590. The van der Waals surface area contributed by atoms with E-state index in [0.29, 0.717) is 18.8 Å². The molecule has 0 saturated heterocycles. The number of nitrogens with zero attached hydrogens (tertiary/aromatic N) is 1. The summed E-state index contributed by atoms with van der Waals surface area (Å²) in [7, 11) is 0. The summed E-state index contributed by atoms with van der Waals surface area (Å²) in [6, 6.07) is 15.8. The number of benzene rings is 1. The van der Waals surface area contributed by atoms with Crippen molar-refractivity contribution in [2.45, 2.75) is 25.8 Å². The predicted octanol–water partition coefficient (Wildman–Crippen LogP) is 4.64. The Morgan fingerprint density at radius 3 is 2.08 bits per heavy atom. The normalized spacial score (nSPS) is 10.8. The van der Waals surface area contributed by atoms with Gasteiger partial charge in [0.1, 0.15) is 11.5 Å². The summed E-state index contributed by atoms with van der Waals surface area (Å²) in [5, 5.41) is 0. The lowest BCUT2D eigenvalue weighted by Crippen LogP contribution is -2.31. The van der Waals surface area contributed by atoms with Crippen molar-refractivity contribution in [3.05, 3.63) is 83.7 Å². The van der Waals surface area contributed by atoms with Crippen molar-refractivity contribution in [3.63, 3.8) is 0 Å². The number of aryl methyl sites for hydroxylation is 1. The van der Waals surface area contributed by atoms with E-state index in [2.05, 4.69) is 31.2 Å². The molecule has 0 atom stereocenters. The van der Waals surface area contributed by atoms with Crippen LogP contribution >= 0.6 is 11.8 Å². The highest BCUT2D eigenvalue weighted by Crippen LogP contribution is 2.16. The first-order chi connectivity index (χ1) is 12.2. The largest absolute Gasteiger partial charge is 0.467 e. The van der Waals surface area contributed by atoms with Crippen LogP contribution in [0.25, 0.3) is 0 Å². The van der Waals surface area contributed by atoms with Crippen LogP contribution in [0, 0.1) is 6.92 Å². The monoisotopic (exact) mass is 355 g/mol. The molecular formula is C20H21NO3S. The number of hydrogen-bond donors (Lipinski definition) is 0. The Hall–Kier alpha value is -2.40. The van der Waals surface area contributed by atoms with Gasteiger partial charge in [0.15, 0.2) is 0 Å². The van der Waals surface area contributed by atoms with E-state index in [1.807, 2.05) is 24.3 Å². The first-order valence-electron chi connectivity index (χ1n) is 8.16. The molecule has 2 heterocycles. The summed E-state index contributed by atoms with van der Waals surface area (Å²) in [5.41, 5.74) is 2.47. The Kier molecular flexibility index (Phi) is 6.01. The topological polar surface area (TPSA) is 46.6 Å². The molecule has 1 amide bonds. The first-order valence-corrected chi connectivity index (χ1v) is 9.32. The zero-order valence-electron chi connectivity index (χ0n) is 14.2. The highest BCUT2D eigenvalue weighted by Gasteiger charge is 2.17. The van der Waals surface area contributed by atoms with Gasteiger partial charge in [-0.3, -0.25) is 4.79 Å². The lowest BCUT2D eigenvalue weighted by atomic mass is 10.2. The fourth-order valence-electron chi connectivity index (χ4n) is 2.45. The molecule has 0 spiro atoms. The molecule has 0 aliphatic carbocycles. The minimum Gasteiger partial charge on any atom is -0.467 e. The van der Waals surface area contributed by atoms with Crippen molar-refractivity contribution in [1.82, 2.24) is 4.90 Å². The lowest BCUT2D eigenvalue weighted by molar-refractivity contribution is -0.130. The summed E-state index contributed by atoms with van der Waals surface area (Å²) in [4.78, 5) is 14.4. The van der Waals surface area contributed by atoms with Crippen molar-refractivity contribution >= 4 is 17.7 Å². The van der Waals surface area contributed by atoms with Crippen LogP contribution in [0.4, 0.5) is 0 Å². The second-order valence-electron chi connectivity index (χ2n) is 5.89. The van der Waals surface area contributed by atoms with E-state index >= 15 is 0 Å². The molecule has 0 radical (unpaired) electrons. The van der Waals surface area contributed by atoms with Gasteiger partial charge in [-0.25, -0.2) is 0 Å². The van der Waals surface area contributed by atoms with Crippen LogP contribution in [0.2, 0.25) is 0 Å². The van der Waals surface area contributed by atoms with Crippen LogP contribution in [0.3, 0.4) is 0 Å². The molecule has 0 aliphatic heterocycles. The molecular weight excluding hydrogens is 334 g/mol. The van der Waals surface area contributed by atoms with E-state index in [4.69, 9.17) is 8.83 Å². The van der Waals surface area contributed by atoms with Crippen molar-refractivity contribution < 1.29 is 13.6 Å². The van der Waals surface area contributed by atoms with Gasteiger partial charge >= 0.3 is 0 Å². The third kappa shape index (κ3) is 5.29. The number of carbonyl (C=O) groups is 1. The van der Waals surface area contributed by atoms with E-state index in [1.54, 1.807) is 29.2 Å². The van der Waals surface area contributed by atoms with Crippen LogP contribution in [0.1, 0.15) is 22.6 Å². The minimum absolute atomic E-state index is 0.0740. The van der Waals surface area contributed by atoms with Gasteiger partial charge in [0.05, 0.1) is 31.4 Å². The van der Waals surface area contributed by atoms with Gasteiger partial charge in [-0.2, -0.15) is 0 Å². The van der Waals surface area contributed by atoms with Gasteiger partial charge in [-0.1, -0.05) is 29.8 Å². The van der Waals surface area contributed by atoms with Crippen molar-refractivity contribution in [3.8, 4) is 0 Å². The molecule has 5 heteroatoms. The Morgan fingerprint density at radius 1 is 0.960 bits per heavy atom. The highest BCUT2D eigenvalue weighted by molar-refractivity contribution is 7.99. The number of furan rings is 2. The second-order valence-corrected chi connectivity index (χ2v) is 6.87. The number of amides is 1. The molecule has 0 unspecified atom stereocenters. The average molecular weight is 355 g/mol. The van der Waals surface area contributed by atoms with Gasteiger partial charge in [0.2, 0.25) is 5.91 Å². The number of thioether (sulfide) groups is 1. The fourth-order valence-corrected chi connectivity index (χ4v) is 3.33. The van der Waals surface area contributed by atoms with Crippen LogP contribution in [0.5, 0.6) is 0 Å². The van der Waals surface area contributed by atoms with Crippen LogP contribution in [-0.4, -0.2) is 16.6 Å². The summed E-state index contributed by atoms with van der Waals surface area (Å²) < 4.78 is 10.8. The standard InChI is InChI=1S/C20H21NO3S/c1-16-6-8-17(9-7-16)14-25-15-20(22)21(12-18-4-2-10-23-18)13-19-5-3-11-24-19/h2-11H,12-15H2,1H3. The number of hydrogen-bond acceptors (Lipinski definition) is 4. The van der Waals surface area contributed by atoms with Gasteiger partial charge in [-0.15, -0.1) is 11.8 Å². The van der Waals surface area contributed by atoms with E-state index in [9.17, 15) is 4.79 Å². The van der Waals surface area contributed by atoms with Crippen LogP contribution < -0.4 is 0 Å². The zero-order chi connectivity index (χ0) is 17.5. The maximum atomic E-state index is 12.7. The van der Waals surface area contributed by atoms with E-state index < -0.39 is 0 Å². The molecule has 1 aromatic carbocycles. The fraction of sp³-hybridized carbons (Fsp3) is 0.250. The smallest absolute Gasteiger partial charge is 0.233 e. The summed E-state index contributed by atoms with van der Waals surface area (Å²) in [6.45, 7) is 2.96. The summed E-state index contributed by atoms with van der Waals surface area (Å²) >= 11 is 1.62. The molecule has 0 N–H and O–H groups in total. The van der Waals surface area contributed by atoms with Crippen LogP contribution in [0.15, 0.2) is 69.9 Å². The Morgan fingerprint density at radius 2 is 1.56 bits per heavy atom. The second kappa shape index (κ2) is 8.62. The van der Waals surface area contributed by atoms with Gasteiger partial charge in [0.25, 0.3) is 0 Å². The van der Waals surface area contributed by atoms with Gasteiger partial charge in [0, 0.05) is 5.75 Å². The van der Waals surface area contributed by atoms with Crippen molar-refractivity contribution in [2.24, 2.45) is 0 Å². The predicted molar refractivity (Wildman–Crippen MR) is 99.0 cm³/mol. The lowest BCUT2D eigenvalue weighted by Gasteiger charge is -2.20. The van der Waals surface area contributed by atoms with Gasteiger partial charge < -0.3 is 13.7 Å². The molecule has 0 aliphatic rings. The molecule has 0 bridgehead atoms.